The monoisotopic (exact) mass is 309 g/mol. The molecule has 5 heteroatoms. The Kier molecular flexibility index (Phi) is 4.37. The third kappa shape index (κ3) is 2.82. The average Bonchev–Trinajstić information content (AvgIpc) is 2.62. The number of nitroso groups, excluding NO2 is 1. The molecule has 1 aliphatic heterocycles. The van der Waals surface area contributed by atoms with E-state index in [9.17, 15) is 10.1 Å². The van der Waals surface area contributed by atoms with Crippen molar-refractivity contribution >= 4 is 5.71 Å². The van der Waals surface area contributed by atoms with Crippen LogP contribution in [-0.4, -0.2) is 15.9 Å². The minimum Gasteiger partial charge on any atom is -0.411 e. The highest BCUT2D eigenvalue weighted by Crippen LogP contribution is 2.43. The summed E-state index contributed by atoms with van der Waals surface area (Å²) in [7, 11) is 0. The number of nitrogens with zero attached hydrogens (tertiary/aromatic N) is 3. The average molecular weight is 309 g/mol. The highest BCUT2D eigenvalue weighted by molar-refractivity contribution is 5.88. The first-order chi connectivity index (χ1) is 11.3. The molecule has 3 atom stereocenters. The van der Waals surface area contributed by atoms with Crippen LogP contribution < -0.4 is 0 Å². The van der Waals surface area contributed by atoms with Crippen LogP contribution in [0.15, 0.2) is 71.1 Å². The van der Waals surface area contributed by atoms with Crippen LogP contribution in [0, 0.1) is 10.8 Å². The van der Waals surface area contributed by atoms with Crippen molar-refractivity contribution in [2.24, 2.45) is 16.4 Å². The molecule has 1 fully saturated rings. The highest BCUT2D eigenvalue weighted by Gasteiger charge is 2.41. The number of hydrogen-bond acceptors (Lipinski definition) is 4. The summed E-state index contributed by atoms with van der Waals surface area (Å²) in [5, 5.41) is 17.8. The molecule has 0 aromatic heterocycles. The van der Waals surface area contributed by atoms with Gasteiger partial charge in [-0.2, -0.15) is 0 Å². The molecule has 0 spiro atoms. The van der Waals surface area contributed by atoms with E-state index in [0.717, 1.165) is 11.1 Å². The van der Waals surface area contributed by atoms with Gasteiger partial charge < -0.3 is 5.21 Å². The van der Waals surface area contributed by atoms with Crippen LogP contribution in [0.2, 0.25) is 0 Å². The van der Waals surface area contributed by atoms with Crippen LogP contribution in [-0.2, 0) is 0 Å². The number of hydrogen-bond donors (Lipinski definition) is 1. The number of rotatable bonds is 3. The summed E-state index contributed by atoms with van der Waals surface area (Å²) < 4.78 is 0. The van der Waals surface area contributed by atoms with Crippen molar-refractivity contribution in [2.75, 3.05) is 0 Å². The molecule has 0 bridgehead atoms. The van der Waals surface area contributed by atoms with Gasteiger partial charge in [0.2, 0.25) is 0 Å². The van der Waals surface area contributed by atoms with E-state index in [1.807, 2.05) is 67.6 Å². The minimum atomic E-state index is -0.251. The lowest BCUT2D eigenvalue weighted by molar-refractivity contribution is 0.0955. The van der Waals surface area contributed by atoms with E-state index in [2.05, 4.69) is 10.4 Å². The summed E-state index contributed by atoms with van der Waals surface area (Å²) in [4.78, 5) is 11.6. The van der Waals surface area contributed by atoms with E-state index in [-0.39, 0.29) is 18.0 Å². The van der Waals surface area contributed by atoms with Gasteiger partial charge in [0.1, 0.15) is 0 Å². The Morgan fingerprint density at radius 1 is 1.00 bits per heavy atom. The molecular weight excluding hydrogens is 290 g/mol. The van der Waals surface area contributed by atoms with Crippen molar-refractivity contribution in [3.05, 3.63) is 76.7 Å². The van der Waals surface area contributed by atoms with Gasteiger partial charge in [-0.1, -0.05) is 72.7 Å². The fraction of sp³-hybridized carbons (Fsp3) is 0.278. The van der Waals surface area contributed by atoms with Crippen LogP contribution >= 0.6 is 0 Å². The van der Waals surface area contributed by atoms with E-state index in [4.69, 9.17) is 0 Å². The predicted molar refractivity (Wildman–Crippen MR) is 89.0 cm³/mol. The van der Waals surface area contributed by atoms with E-state index < -0.39 is 0 Å². The van der Waals surface area contributed by atoms with Gasteiger partial charge in [-0.05, 0) is 11.1 Å². The van der Waals surface area contributed by atoms with Crippen molar-refractivity contribution in [2.45, 2.75) is 25.4 Å². The first-order valence-electron chi connectivity index (χ1n) is 7.68. The summed E-state index contributed by atoms with van der Waals surface area (Å²) in [6.45, 7) is 1.96. The maximum atomic E-state index is 11.6. The summed E-state index contributed by atoms with van der Waals surface area (Å²) >= 11 is 0. The molecular formula is C18H19N3O2. The van der Waals surface area contributed by atoms with E-state index in [0.29, 0.717) is 12.1 Å². The lowest BCUT2D eigenvalue weighted by Crippen LogP contribution is -2.41. The molecule has 5 nitrogen and oxygen atoms in total. The Balaban J connectivity index is 2.07. The van der Waals surface area contributed by atoms with Gasteiger partial charge in [-0.3, -0.25) is 0 Å². The highest BCUT2D eigenvalue weighted by atomic mass is 16.4. The molecule has 3 rings (SSSR count). The molecule has 1 heterocycles. The van der Waals surface area contributed by atoms with E-state index in [1.54, 1.807) is 5.01 Å². The van der Waals surface area contributed by atoms with Crippen LogP contribution in [0.1, 0.15) is 36.6 Å². The molecule has 2 aromatic carbocycles. The Labute approximate surface area is 135 Å². The van der Waals surface area contributed by atoms with Crippen molar-refractivity contribution in [1.29, 1.82) is 0 Å². The van der Waals surface area contributed by atoms with Gasteiger partial charge in [-0.15, -0.1) is 4.91 Å². The zero-order valence-electron chi connectivity index (χ0n) is 12.9. The van der Waals surface area contributed by atoms with Crippen molar-refractivity contribution in [3.8, 4) is 0 Å². The number of benzene rings is 2. The topological polar surface area (TPSA) is 65.3 Å². The Hall–Kier alpha value is -2.69. The Bertz CT molecular complexity index is 688. The van der Waals surface area contributed by atoms with Gasteiger partial charge in [0.05, 0.1) is 23.1 Å². The lowest BCUT2D eigenvalue weighted by Gasteiger charge is -2.42. The number of oxime groups is 1. The van der Waals surface area contributed by atoms with Crippen LogP contribution in [0.4, 0.5) is 0 Å². The first-order valence-corrected chi connectivity index (χ1v) is 7.68. The quantitative estimate of drug-likeness (QED) is 0.521. The molecule has 0 radical (unpaired) electrons. The second-order valence-electron chi connectivity index (χ2n) is 5.83. The molecule has 2 aromatic rings. The Morgan fingerprint density at radius 3 is 2.09 bits per heavy atom. The Morgan fingerprint density at radius 2 is 1.57 bits per heavy atom. The molecule has 0 unspecified atom stereocenters. The standard InChI is InChI=1S/C18H19N3O2/c1-13-16(19-22)12-17(14-8-4-2-5-9-14)21(20-23)18(13)15-10-6-3-7-11-15/h2-11,13,17-18,22H,12H2,1H3/b19-16+/t13-,17-,18+/m0/s1. The predicted octanol–water partition coefficient (Wildman–Crippen LogP) is 4.32. The van der Waals surface area contributed by atoms with Gasteiger partial charge in [0.25, 0.3) is 0 Å². The zero-order valence-corrected chi connectivity index (χ0v) is 12.9. The summed E-state index contributed by atoms with van der Waals surface area (Å²) in [6, 6.07) is 19.0. The molecule has 0 aliphatic carbocycles. The third-order valence-corrected chi connectivity index (χ3v) is 4.55. The van der Waals surface area contributed by atoms with Gasteiger partial charge in [0, 0.05) is 12.3 Å². The summed E-state index contributed by atoms with van der Waals surface area (Å²) in [6.07, 6.45) is 0.483. The van der Waals surface area contributed by atoms with E-state index >= 15 is 0 Å². The fourth-order valence-corrected chi connectivity index (χ4v) is 3.36. The smallest absolute Gasteiger partial charge is 0.0838 e. The molecule has 0 amide bonds. The third-order valence-electron chi connectivity index (χ3n) is 4.55. The summed E-state index contributed by atoms with van der Waals surface area (Å²) in [5.74, 6) is -0.0972. The molecule has 1 saturated heterocycles. The molecule has 118 valence electrons. The van der Waals surface area contributed by atoms with Crippen molar-refractivity contribution in [1.82, 2.24) is 5.01 Å². The van der Waals surface area contributed by atoms with Crippen LogP contribution in [0.5, 0.6) is 0 Å². The molecule has 1 aliphatic rings. The lowest BCUT2D eigenvalue weighted by atomic mass is 9.81. The maximum absolute atomic E-state index is 11.6. The molecule has 1 N–H and O–H groups in total. The van der Waals surface area contributed by atoms with Gasteiger partial charge >= 0.3 is 0 Å². The SMILES string of the molecule is C[C@H]1/C(=N/O)C[C@@H](c2ccccc2)N(N=O)[C@H]1c1ccccc1. The summed E-state index contributed by atoms with van der Waals surface area (Å²) in [5.41, 5.74) is 2.66. The zero-order chi connectivity index (χ0) is 16.2. The van der Waals surface area contributed by atoms with Gasteiger partial charge in [0.15, 0.2) is 0 Å². The second kappa shape index (κ2) is 6.60. The normalized spacial score (nSPS) is 26.2. The minimum absolute atomic E-state index is 0.0972. The maximum Gasteiger partial charge on any atom is 0.0838 e. The largest absolute Gasteiger partial charge is 0.411 e. The van der Waals surface area contributed by atoms with E-state index in [1.165, 1.54) is 0 Å². The molecule has 0 saturated carbocycles. The first kappa shape index (κ1) is 15.2. The van der Waals surface area contributed by atoms with Crippen LogP contribution in [0.3, 0.4) is 0 Å². The van der Waals surface area contributed by atoms with Crippen molar-refractivity contribution in [3.63, 3.8) is 0 Å². The molecule has 23 heavy (non-hydrogen) atoms. The fourth-order valence-electron chi connectivity index (χ4n) is 3.36. The van der Waals surface area contributed by atoms with Crippen LogP contribution in [0.25, 0.3) is 0 Å². The second-order valence-corrected chi connectivity index (χ2v) is 5.83. The number of piperidine rings is 1. The van der Waals surface area contributed by atoms with Gasteiger partial charge in [-0.25, -0.2) is 5.01 Å². The van der Waals surface area contributed by atoms with Crippen molar-refractivity contribution < 1.29 is 5.21 Å².